The molecule has 2 aromatic heterocycles. The van der Waals surface area contributed by atoms with Gasteiger partial charge in [-0.25, -0.2) is 23.7 Å². The molecule has 1 aromatic carbocycles. The third-order valence-electron chi connectivity index (χ3n) is 6.94. The van der Waals surface area contributed by atoms with Gasteiger partial charge in [0.05, 0.1) is 18.3 Å². The number of imidazole rings is 1. The van der Waals surface area contributed by atoms with Gasteiger partial charge in [-0.05, 0) is 62.6 Å². The summed E-state index contributed by atoms with van der Waals surface area (Å²) in [5, 5.41) is 0. The molecule has 1 saturated carbocycles. The molecule has 1 amide bonds. The van der Waals surface area contributed by atoms with E-state index in [-0.39, 0.29) is 30.0 Å². The van der Waals surface area contributed by atoms with Crippen molar-refractivity contribution < 1.29 is 13.6 Å². The van der Waals surface area contributed by atoms with Gasteiger partial charge >= 0.3 is 0 Å². The van der Waals surface area contributed by atoms with Crippen LogP contribution in [-0.2, 0) is 6.42 Å². The first-order valence-corrected chi connectivity index (χ1v) is 13.5. The second-order valence-corrected chi connectivity index (χ2v) is 10.2. The van der Waals surface area contributed by atoms with Crippen LogP contribution in [0.25, 0.3) is 5.69 Å². The van der Waals surface area contributed by atoms with E-state index in [1.165, 1.54) is 17.8 Å². The third-order valence-corrected chi connectivity index (χ3v) is 7.66. The molecule has 0 bridgehead atoms. The fourth-order valence-corrected chi connectivity index (χ4v) is 5.21. The molecule has 2 unspecified atom stereocenters. The lowest BCUT2D eigenvalue weighted by Gasteiger charge is -2.40. The Morgan fingerprint density at radius 2 is 1.97 bits per heavy atom. The SMILES string of the molecule is CCc1cnc(N2CCC(N(C(=O)c3cn(-c4ccc(SC)cc4F)c(C)n3)C3CC3)C(F)C2)nc1. The number of thioether (sulfide) groups is 1. The van der Waals surface area contributed by atoms with Crippen LogP contribution in [0, 0.1) is 12.7 Å². The first kappa shape index (κ1) is 24.7. The summed E-state index contributed by atoms with van der Waals surface area (Å²) in [5.41, 5.74) is 1.58. The lowest BCUT2D eigenvalue weighted by atomic mass is 10.0. The topological polar surface area (TPSA) is 67.2 Å². The summed E-state index contributed by atoms with van der Waals surface area (Å²) in [5.74, 6) is 0.335. The molecule has 0 radical (unpaired) electrons. The third kappa shape index (κ3) is 4.83. The van der Waals surface area contributed by atoms with E-state index in [4.69, 9.17) is 0 Å². The Morgan fingerprint density at radius 1 is 1.22 bits per heavy atom. The predicted molar refractivity (Wildman–Crippen MR) is 136 cm³/mol. The van der Waals surface area contributed by atoms with Crippen molar-refractivity contribution in [2.24, 2.45) is 0 Å². The molecule has 2 fully saturated rings. The zero-order chi connectivity index (χ0) is 25.4. The summed E-state index contributed by atoms with van der Waals surface area (Å²) in [6.07, 6.45) is 8.79. The van der Waals surface area contributed by atoms with Crippen LogP contribution in [-0.4, -0.2) is 67.9 Å². The molecule has 3 aromatic rings. The first-order chi connectivity index (χ1) is 17.4. The van der Waals surface area contributed by atoms with Crippen molar-refractivity contribution in [2.45, 2.75) is 62.7 Å². The van der Waals surface area contributed by atoms with Gasteiger partial charge in [-0.1, -0.05) is 6.92 Å². The number of hydrogen-bond acceptors (Lipinski definition) is 6. The van der Waals surface area contributed by atoms with Gasteiger partial charge in [-0.3, -0.25) is 4.79 Å². The van der Waals surface area contributed by atoms with E-state index in [0.717, 1.165) is 29.7 Å². The van der Waals surface area contributed by atoms with Crippen LogP contribution in [0.5, 0.6) is 0 Å². The van der Waals surface area contributed by atoms with Crippen molar-refractivity contribution in [3.8, 4) is 5.69 Å². The molecule has 1 saturated heterocycles. The van der Waals surface area contributed by atoms with E-state index in [0.29, 0.717) is 30.4 Å². The highest BCUT2D eigenvalue weighted by molar-refractivity contribution is 7.98. The van der Waals surface area contributed by atoms with Crippen LogP contribution >= 0.6 is 11.8 Å². The van der Waals surface area contributed by atoms with Gasteiger partial charge in [-0.15, -0.1) is 11.8 Å². The Labute approximate surface area is 213 Å². The number of hydrogen-bond donors (Lipinski definition) is 0. The minimum Gasteiger partial charge on any atom is -0.338 e. The van der Waals surface area contributed by atoms with Gasteiger partial charge in [0.1, 0.15) is 23.5 Å². The van der Waals surface area contributed by atoms with Crippen LogP contribution < -0.4 is 4.90 Å². The molecule has 2 aliphatic rings. The molecule has 1 aliphatic carbocycles. The van der Waals surface area contributed by atoms with E-state index in [2.05, 4.69) is 15.0 Å². The molecule has 190 valence electrons. The van der Waals surface area contributed by atoms with Crippen molar-refractivity contribution in [2.75, 3.05) is 24.2 Å². The lowest BCUT2D eigenvalue weighted by molar-refractivity contribution is 0.0481. The molecular weight excluding hydrogens is 482 g/mol. The fraction of sp³-hybridized carbons (Fsp3) is 0.462. The number of carbonyl (C=O) groups is 1. The average Bonchev–Trinajstić information content (AvgIpc) is 3.65. The second-order valence-electron chi connectivity index (χ2n) is 9.37. The zero-order valence-corrected chi connectivity index (χ0v) is 21.5. The molecule has 0 spiro atoms. The maximum atomic E-state index is 15.5. The van der Waals surface area contributed by atoms with Gasteiger partial charge < -0.3 is 14.4 Å². The van der Waals surface area contributed by atoms with Crippen molar-refractivity contribution >= 4 is 23.6 Å². The van der Waals surface area contributed by atoms with Gasteiger partial charge in [0.25, 0.3) is 5.91 Å². The van der Waals surface area contributed by atoms with Gasteiger partial charge in [0.15, 0.2) is 0 Å². The lowest BCUT2D eigenvalue weighted by Crippen LogP contribution is -2.55. The summed E-state index contributed by atoms with van der Waals surface area (Å²) >= 11 is 1.46. The quantitative estimate of drug-likeness (QED) is 0.431. The summed E-state index contributed by atoms with van der Waals surface area (Å²) < 4.78 is 31.9. The number of benzene rings is 1. The fourth-order valence-electron chi connectivity index (χ4n) is 4.78. The van der Waals surface area contributed by atoms with Crippen molar-refractivity contribution in [3.63, 3.8) is 0 Å². The Bertz CT molecular complexity index is 1250. The van der Waals surface area contributed by atoms with Crippen LogP contribution in [0.2, 0.25) is 0 Å². The van der Waals surface area contributed by atoms with Crippen LogP contribution in [0.4, 0.5) is 14.7 Å². The maximum absolute atomic E-state index is 15.5. The second kappa shape index (κ2) is 10.2. The van der Waals surface area contributed by atoms with E-state index < -0.39 is 12.2 Å². The number of rotatable bonds is 7. The largest absolute Gasteiger partial charge is 0.338 e. The normalized spacial score (nSPS) is 20.0. The Morgan fingerprint density at radius 3 is 2.58 bits per heavy atom. The number of halogens is 2. The highest BCUT2D eigenvalue weighted by Gasteiger charge is 2.44. The van der Waals surface area contributed by atoms with Crippen molar-refractivity contribution in [1.29, 1.82) is 0 Å². The number of aromatic nitrogens is 4. The molecule has 5 rings (SSSR count). The molecule has 0 N–H and O–H groups in total. The highest BCUT2D eigenvalue weighted by atomic mass is 32.2. The average molecular weight is 513 g/mol. The van der Waals surface area contributed by atoms with Crippen LogP contribution in [0.3, 0.4) is 0 Å². The molecular formula is C26H30F2N6OS. The number of aryl methyl sites for hydroxylation is 2. The van der Waals surface area contributed by atoms with Gasteiger partial charge in [-0.2, -0.15) is 0 Å². The molecule has 7 nitrogen and oxygen atoms in total. The summed E-state index contributed by atoms with van der Waals surface area (Å²) in [6.45, 7) is 4.47. The standard InChI is InChI=1S/C26H30F2N6OS/c1-4-17-12-29-26(30-13-17)32-10-9-24(21(28)14-32)34(18-5-6-18)25(35)22-15-33(16(2)31-22)23-8-7-19(36-3)11-20(23)27/h7-8,11-13,15,18,21,24H,4-6,9-10,14H2,1-3H3. The van der Waals surface area contributed by atoms with E-state index in [1.54, 1.807) is 41.0 Å². The summed E-state index contributed by atoms with van der Waals surface area (Å²) in [7, 11) is 0. The predicted octanol–water partition coefficient (Wildman–Crippen LogP) is 4.62. The minimum atomic E-state index is -1.24. The number of piperidine rings is 1. The number of carbonyl (C=O) groups excluding carboxylic acids is 1. The number of amides is 1. The minimum absolute atomic E-state index is 0.00967. The summed E-state index contributed by atoms with van der Waals surface area (Å²) in [4.78, 5) is 31.2. The van der Waals surface area contributed by atoms with Gasteiger partial charge in [0, 0.05) is 36.1 Å². The number of anilines is 1. The zero-order valence-electron chi connectivity index (χ0n) is 20.7. The summed E-state index contributed by atoms with van der Waals surface area (Å²) in [6, 6.07) is 4.46. The van der Waals surface area contributed by atoms with E-state index in [9.17, 15) is 9.18 Å². The van der Waals surface area contributed by atoms with Crippen molar-refractivity contribution in [3.05, 3.63) is 59.7 Å². The Hall–Kier alpha value is -3.01. The molecule has 10 heteroatoms. The molecule has 3 heterocycles. The molecule has 1 aliphatic heterocycles. The monoisotopic (exact) mass is 512 g/mol. The molecule has 2 atom stereocenters. The van der Waals surface area contributed by atoms with E-state index >= 15 is 4.39 Å². The molecule has 36 heavy (non-hydrogen) atoms. The van der Waals surface area contributed by atoms with Crippen LogP contribution in [0.15, 0.2) is 41.7 Å². The smallest absolute Gasteiger partial charge is 0.274 e. The highest BCUT2D eigenvalue weighted by Crippen LogP contribution is 2.35. The van der Waals surface area contributed by atoms with Crippen molar-refractivity contribution in [1.82, 2.24) is 24.4 Å². The number of nitrogens with zero attached hydrogens (tertiary/aromatic N) is 6. The van der Waals surface area contributed by atoms with Gasteiger partial charge in [0.2, 0.25) is 5.95 Å². The first-order valence-electron chi connectivity index (χ1n) is 12.3. The maximum Gasteiger partial charge on any atom is 0.274 e. The Kier molecular flexibility index (Phi) is 6.96. The van der Waals surface area contributed by atoms with E-state index in [1.807, 2.05) is 24.1 Å². The Balaban J connectivity index is 1.35. The van der Waals surface area contributed by atoms with Crippen LogP contribution in [0.1, 0.15) is 48.1 Å². The number of alkyl halides is 1.